The van der Waals surface area contributed by atoms with Crippen LogP contribution in [0.4, 0.5) is 4.79 Å². The van der Waals surface area contributed by atoms with Gasteiger partial charge in [-0.05, 0) is 52.4 Å². The molecule has 134 valence electrons. The van der Waals surface area contributed by atoms with Gasteiger partial charge in [0.1, 0.15) is 5.60 Å². The summed E-state index contributed by atoms with van der Waals surface area (Å²) >= 11 is 0. The van der Waals surface area contributed by atoms with E-state index in [1.807, 2.05) is 0 Å². The van der Waals surface area contributed by atoms with Crippen LogP contribution < -0.4 is 0 Å². The molecule has 1 N–H and O–H groups in total. The van der Waals surface area contributed by atoms with Gasteiger partial charge >= 0.3 is 6.09 Å². The van der Waals surface area contributed by atoms with Crippen molar-refractivity contribution < 1.29 is 23.1 Å². The number of carbonyl (C=O) groups excluding carboxylic acids is 1. The number of rotatable bonds is 2. The minimum Gasteiger partial charge on any atom is -0.443 e. The van der Waals surface area contributed by atoms with E-state index in [0.717, 1.165) is 17.1 Å². The van der Waals surface area contributed by atoms with Crippen molar-refractivity contribution in [2.45, 2.75) is 70.8 Å². The highest BCUT2D eigenvalue weighted by Gasteiger charge is 2.58. The number of nitrogens with zero attached hydrogens (tertiary/aromatic N) is 1. The molecule has 0 aromatic carbocycles. The van der Waals surface area contributed by atoms with Crippen molar-refractivity contribution in [3.8, 4) is 0 Å². The van der Waals surface area contributed by atoms with E-state index in [1.165, 1.54) is 0 Å². The number of hydrogen-bond donors (Lipinski definition) is 1. The van der Waals surface area contributed by atoms with Crippen LogP contribution in [-0.2, 0) is 14.8 Å². The predicted molar refractivity (Wildman–Crippen MR) is 87.3 cm³/mol. The Balaban J connectivity index is 2.36. The first-order valence-corrected chi connectivity index (χ1v) is 9.92. The predicted octanol–water partition coefficient (Wildman–Crippen LogP) is 2.37. The number of sulfonamides is 1. The summed E-state index contributed by atoms with van der Waals surface area (Å²) < 4.78 is 32.0. The summed E-state index contributed by atoms with van der Waals surface area (Å²) in [7, 11) is -3.74. The fourth-order valence-corrected chi connectivity index (χ4v) is 6.68. The minimum atomic E-state index is -3.74. The van der Waals surface area contributed by atoms with E-state index < -0.39 is 33.0 Å². The molecule has 0 spiro atoms. The van der Waals surface area contributed by atoms with Gasteiger partial charge in [-0.3, -0.25) is 0 Å². The zero-order valence-corrected chi connectivity index (χ0v) is 15.5. The minimum absolute atomic E-state index is 0.0400. The first-order chi connectivity index (χ1) is 10.5. The van der Waals surface area contributed by atoms with Crippen molar-refractivity contribution in [2.24, 2.45) is 17.8 Å². The summed E-state index contributed by atoms with van der Waals surface area (Å²) in [5.41, 5.74) is -0.748. The van der Waals surface area contributed by atoms with E-state index in [0.29, 0.717) is 12.3 Å². The van der Waals surface area contributed by atoms with Crippen LogP contribution in [0.2, 0.25) is 0 Å². The highest BCUT2D eigenvalue weighted by Crippen LogP contribution is 2.48. The summed E-state index contributed by atoms with van der Waals surface area (Å²) in [6.45, 7) is 8.93. The quantitative estimate of drug-likeness (QED) is 0.829. The Morgan fingerprint density at radius 2 is 1.91 bits per heavy atom. The molecular weight excluding hydrogens is 318 g/mol. The van der Waals surface area contributed by atoms with Crippen LogP contribution in [-0.4, -0.2) is 47.4 Å². The Hall–Kier alpha value is -0.820. The summed E-state index contributed by atoms with van der Waals surface area (Å²) in [4.78, 5) is 12.4. The van der Waals surface area contributed by atoms with E-state index in [9.17, 15) is 18.3 Å². The number of aliphatic hydroxyl groups excluding tert-OH is 1. The average molecular weight is 347 g/mol. The van der Waals surface area contributed by atoms with Crippen molar-refractivity contribution in [2.75, 3.05) is 6.61 Å². The van der Waals surface area contributed by atoms with Gasteiger partial charge in [0.25, 0.3) is 0 Å². The Morgan fingerprint density at radius 3 is 2.39 bits per heavy atom. The first-order valence-electron chi connectivity index (χ1n) is 8.41. The number of ether oxygens (including phenoxy) is 1. The Morgan fingerprint density at radius 1 is 1.30 bits per heavy atom. The number of hydrogen-bond acceptors (Lipinski definition) is 5. The lowest BCUT2D eigenvalue weighted by atomic mass is 9.68. The lowest BCUT2D eigenvalue weighted by Crippen LogP contribution is -2.44. The van der Waals surface area contributed by atoms with Crippen molar-refractivity contribution >= 4 is 16.1 Å². The third-order valence-corrected chi connectivity index (χ3v) is 7.59. The maximum Gasteiger partial charge on any atom is 0.424 e. The summed E-state index contributed by atoms with van der Waals surface area (Å²) in [6, 6.07) is -0.480. The second-order valence-electron chi connectivity index (χ2n) is 7.77. The molecule has 0 aromatic heterocycles. The zero-order valence-electron chi connectivity index (χ0n) is 14.7. The number of fused-ring (bicyclic) bond motifs is 1. The van der Waals surface area contributed by atoms with Crippen molar-refractivity contribution in [1.29, 1.82) is 0 Å². The number of amides is 1. The van der Waals surface area contributed by atoms with Crippen LogP contribution in [0, 0.1) is 17.8 Å². The van der Waals surface area contributed by atoms with E-state index in [4.69, 9.17) is 4.74 Å². The standard InChI is InChI=1S/C16H29NO5S/c1-6-11-7-8-13-14(12(11)9-18)10(2)17(23(13,20)21)15(19)22-16(3,4)5/h10-14,18H,6-9H2,1-5H3. The van der Waals surface area contributed by atoms with Crippen LogP contribution >= 0.6 is 0 Å². The van der Waals surface area contributed by atoms with Crippen molar-refractivity contribution in [3.05, 3.63) is 0 Å². The van der Waals surface area contributed by atoms with Gasteiger partial charge in [0.15, 0.2) is 0 Å². The zero-order chi connectivity index (χ0) is 17.6. The smallest absolute Gasteiger partial charge is 0.424 e. The molecule has 1 saturated heterocycles. The molecule has 0 radical (unpaired) electrons. The van der Waals surface area contributed by atoms with Crippen molar-refractivity contribution in [1.82, 2.24) is 4.31 Å². The molecule has 1 amide bonds. The van der Waals surface area contributed by atoms with E-state index in [1.54, 1.807) is 27.7 Å². The van der Waals surface area contributed by atoms with Crippen molar-refractivity contribution in [3.63, 3.8) is 0 Å². The largest absolute Gasteiger partial charge is 0.443 e. The molecule has 23 heavy (non-hydrogen) atoms. The third kappa shape index (κ3) is 3.22. The van der Waals surface area contributed by atoms with Crippen LogP contribution in [0.15, 0.2) is 0 Å². The van der Waals surface area contributed by atoms with Crippen LogP contribution in [0.25, 0.3) is 0 Å². The Kier molecular flexibility index (Phi) is 5.02. The first kappa shape index (κ1) is 18.5. The van der Waals surface area contributed by atoms with Gasteiger partial charge in [-0.1, -0.05) is 13.3 Å². The monoisotopic (exact) mass is 347 g/mol. The van der Waals surface area contributed by atoms with Gasteiger partial charge in [0.2, 0.25) is 10.0 Å². The second-order valence-corrected chi connectivity index (χ2v) is 9.80. The van der Waals surface area contributed by atoms with Gasteiger partial charge < -0.3 is 9.84 Å². The molecule has 5 unspecified atom stereocenters. The third-order valence-electron chi connectivity index (χ3n) is 5.24. The van der Waals surface area contributed by atoms with Gasteiger partial charge in [-0.25, -0.2) is 17.5 Å². The van der Waals surface area contributed by atoms with E-state index >= 15 is 0 Å². The van der Waals surface area contributed by atoms with E-state index in [2.05, 4.69) is 6.92 Å². The highest BCUT2D eigenvalue weighted by molar-refractivity contribution is 7.90. The molecule has 6 nitrogen and oxygen atoms in total. The summed E-state index contributed by atoms with van der Waals surface area (Å²) in [5, 5.41) is 9.22. The van der Waals surface area contributed by atoms with Gasteiger partial charge in [0, 0.05) is 12.5 Å². The SMILES string of the molecule is CCC1CCC2C(C1CO)C(C)N(C(=O)OC(C)(C)C)S2(=O)=O. The molecule has 0 bridgehead atoms. The van der Waals surface area contributed by atoms with Gasteiger partial charge in [0.05, 0.1) is 11.3 Å². The fraction of sp³-hybridized carbons (Fsp3) is 0.938. The lowest BCUT2D eigenvalue weighted by molar-refractivity contribution is 0.0235. The Labute approximate surface area is 139 Å². The molecule has 1 heterocycles. The number of carbonyl (C=O) groups is 1. The Bertz CT molecular complexity index is 553. The lowest BCUT2D eigenvalue weighted by Gasteiger charge is -2.38. The molecule has 2 aliphatic rings. The molecule has 2 rings (SSSR count). The van der Waals surface area contributed by atoms with Crippen LogP contribution in [0.5, 0.6) is 0 Å². The molecular formula is C16H29NO5S. The molecule has 1 aliphatic carbocycles. The van der Waals surface area contributed by atoms with Crippen LogP contribution in [0.3, 0.4) is 0 Å². The number of aliphatic hydroxyl groups is 1. The normalized spacial score (nSPS) is 36.6. The molecule has 5 atom stereocenters. The maximum atomic E-state index is 12.9. The van der Waals surface area contributed by atoms with Gasteiger partial charge in [-0.15, -0.1) is 0 Å². The molecule has 7 heteroatoms. The molecule has 2 fully saturated rings. The molecule has 1 aliphatic heterocycles. The van der Waals surface area contributed by atoms with Gasteiger partial charge in [-0.2, -0.15) is 0 Å². The molecule has 0 aromatic rings. The average Bonchev–Trinajstić information content (AvgIpc) is 2.62. The second kappa shape index (κ2) is 6.24. The fourth-order valence-electron chi connectivity index (χ4n) is 4.28. The van der Waals surface area contributed by atoms with Crippen LogP contribution in [0.1, 0.15) is 53.9 Å². The maximum absolute atomic E-state index is 12.9. The topological polar surface area (TPSA) is 83.9 Å². The molecule has 1 saturated carbocycles. The summed E-state index contributed by atoms with van der Waals surface area (Å²) in [6.07, 6.45) is 1.43. The summed E-state index contributed by atoms with van der Waals surface area (Å²) in [5.74, 6) is -0.00957. The van der Waals surface area contributed by atoms with E-state index in [-0.39, 0.29) is 18.4 Å². The highest BCUT2D eigenvalue weighted by atomic mass is 32.2.